The van der Waals surface area contributed by atoms with E-state index in [4.69, 9.17) is 9.47 Å². The van der Waals surface area contributed by atoms with Gasteiger partial charge in [0.05, 0.1) is 25.7 Å². The fraction of sp³-hybridized carbons (Fsp3) is 0.526. The fourth-order valence-electron chi connectivity index (χ4n) is 4.84. The van der Waals surface area contributed by atoms with Crippen molar-refractivity contribution >= 4 is 45.5 Å². The van der Waals surface area contributed by atoms with Crippen molar-refractivity contribution in [3.63, 3.8) is 0 Å². The van der Waals surface area contributed by atoms with Crippen LogP contribution in [0.3, 0.4) is 0 Å². The molecule has 4 atom stereocenters. The van der Waals surface area contributed by atoms with Crippen molar-refractivity contribution in [3.8, 4) is 5.75 Å². The molecule has 2 bridgehead atoms. The molecule has 3 aliphatic rings. The van der Waals surface area contributed by atoms with Crippen LogP contribution in [0.2, 0.25) is 0 Å². The Morgan fingerprint density at radius 2 is 1.93 bits per heavy atom. The first-order valence-electron chi connectivity index (χ1n) is 8.81. The highest BCUT2D eigenvalue weighted by molar-refractivity contribution is 9.10. The van der Waals surface area contributed by atoms with Gasteiger partial charge in [0.15, 0.2) is 9.74 Å². The van der Waals surface area contributed by atoms with Crippen molar-refractivity contribution in [2.24, 2.45) is 5.41 Å². The molecule has 3 fully saturated rings. The summed E-state index contributed by atoms with van der Waals surface area (Å²) >= 11 is 4.78. The number of piperazine rings is 1. The molecule has 9 heteroatoms. The van der Waals surface area contributed by atoms with Crippen molar-refractivity contribution in [1.82, 2.24) is 9.80 Å². The predicted octanol–water partition coefficient (Wildman–Crippen LogP) is 2.54. The standard InChI is InChI=1S/C19H21BrN2O5S/c1-17(16(25)27-5)9-19-15(24)21(3)18(2,28-19)14(23)22(19)13(17)11-8-10(20)6-7-12(11)26-4/h6-8,13H,9H2,1-5H3/t13-,17-,18?,19?/m0/s1. The predicted molar refractivity (Wildman–Crippen MR) is 107 cm³/mol. The van der Waals surface area contributed by atoms with Crippen molar-refractivity contribution in [1.29, 1.82) is 0 Å². The largest absolute Gasteiger partial charge is 0.496 e. The monoisotopic (exact) mass is 468 g/mol. The second-order valence-corrected chi connectivity index (χ2v) is 10.4. The summed E-state index contributed by atoms with van der Waals surface area (Å²) in [4.78, 5) is 40.7. The topological polar surface area (TPSA) is 76.2 Å². The molecule has 150 valence electrons. The Hall–Kier alpha value is -1.74. The van der Waals surface area contributed by atoms with Crippen LogP contribution in [0.5, 0.6) is 5.75 Å². The van der Waals surface area contributed by atoms with Crippen molar-refractivity contribution < 1.29 is 23.9 Å². The van der Waals surface area contributed by atoms with Gasteiger partial charge in [0.1, 0.15) is 5.75 Å². The van der Waals surface area contributed by atoms with E-state index in [2.05, 4.69) is 15.9 Å². The summed E-state index contributed by atoms with van der Waals surface area (Å²) in [5.41, 5.74) is -0.435. The van der Waals surface area contributed by atoms with Gasteiger partial charge in [0, 0.05) is 23.5 Å². The van der Waals surface area contributed by atoms with Crippen LogP contribution in [-0.4, -0.2) is 58.6 Å². The number of nitrogens with zero attached hydrogens (tertiary/aromatic N) is 2. The molecule has 3 saturated heterocycles. The van der Waals surface area contributed by atoms with Gasteiger partial charge < -0.3 is 19.3 Å². The number of esters is 1. The maximum absolute atomic E-state index is 13.5. The molecule has 1 aromatic rings. The zero-order valence-corrected chi connectivity index (χ0v) is 18.6. The molecule has 4 rings (SSSR count). The quantitative estimate of drug-likeness (QED) is 0.634. The molecular formula is C19H21BrN2O5S. The Morgan fingerprint density at radius 1 is 1.25 bits per heavy atom. The summed E-state index contributed by atoms with van der Waals surface area (Å²) in [6.07, 6.45) is 0.183. The molecule has 0 aromatic heterocycles. The molecule has 1 spiro atoms. The molecule has 0 radical (unpaired) electrons. The lowest BCUT2D eigenvalue weighted by atomic mass is 9.77. The number of carbonyl (C=O) groups is 3. The number of likely N-dealkylation sites (N-methyl/N-ethyl adjacent to an activating group) is 1. The Labute approximate surface area is 175 Å². The molecule has 7 nitrogen and oxygen atoms in total. The van der Waals surface area contributed by atoms with Crippen LogP contribution in [0.25, 0.3) is 0 Å². The van der Waals surface area contributed by atoms with Gasteiger partial charge in [-0.15, -0.1) is 0 Å². The first kappa shape index (κ1) is 19.6. The van der Waals surface area contributed by atoms with Crippen molar-refractivity contribution in [3.05, 3.63) is 28.2 Å². The van der Waals surface area contributed by atoms with Gasteiger partial charge >= 0.3 is 5.97 Å². The van der Waals surface area contributed by atoms with Crippen LogP contribution in [0.1, 0.15) is 31.9 Å². The van der Waals surface area contributed by atoms with Gasteiger partial charge in [-0.2, -0.15) is 0 Å². The normalized spacial score (nSPS) is 36.1. The molecule has 0 N–H and O–H groups in total. The second kappa shape index (κ2) is 5.89. The second-order valence-electron chi connectivity index (χ2n) is 7.78. The van der Waals surface area contributed by atoms with E-state index in [0.717, 1.165) is 4.47 Å². The third kappa shape index (κ3) is 2.09. The Kier molecular flexibility index (Phi) is 4.11. The number of fused-ring (bicyclic) bond motifs is 1. The number of ether oxygens (including phenoxy) is 2. The van der Waals surface area contributed by atoms with Gasteiger partial charge in [0.2, 0.25) is 0 Å². The maximum atomic E-state index is 13.5. The number of thioether (sulfide) groups is 1. The highest BCUT2D eigenvalue weighted by Gasteiger charge is 2.80. The van der Waals surface area contributed by atoms with E-state index in [1.165, 1.54) is 23.8 Å². The molecular weight excluding hydrogens is 448 g/mol. The van der Waals surface area contributed by atoms with E-state index < -0.39 is 27.2 Å². The number of halogens is 1. The molecule has 3 aliphatic heterocycles. The molecule has 3 heterocycles. The summed E-state index contributed by atoms with van der Waals surface area (Å²) in [5, 5.41) is 0. The van der Waals surface area contributed by atoms with Gasteiger partial charge in [-0.3, -0.25) is 14.4 Å². The average Bonchev–Trinajstić information content (AvgIpc) is 3.13. The SMILES string of the molecule is COC(=O)[C@@]1(C)CC23SC(C)(C(=O)N2[C@H]1c1cc(Br)ccc1OC)N(C)C3=O. The van der Waals surface area contributed by atoms with Crippen molar-refractivity contribution in [2.75, 3.05) is 21.3 Å². The van der Waals surface area contributed by atoms with Gasteiger partial charge in [-0.05, 0) is 32.0 Å². The van der Waals surface area contributed by atoms with Crippen LogP contribution in [0, 0.1) is 5.41 Å². The van der Waals surface area contributed by atoms with E-state index >= 15 is 0 Å². The van der Waals surface area contributed by atoms with Crippen molar-refractivity contribution in [2.45, 2.75) is 36.1 Å². The highest BCUT2D eigenvalue weighted by Crippen LogP contribution is 2.70. The number of hydrogen-bond acceptors (Lipinski definition) is 6. The van der Waals surface area contributed by atoms with Gasteiger partial charge in [-0.25, -0.2) is 0 Å². The Balaban J connectivity index is 1.98. The molecule has 28 heavy (non-hydrogen) atoms. The fourth-order valence-corrected chi connectivity index (χ4v) is 7.17. The molecule has 0 saturated carbocycles. The zero-order valence-electron chi connectivity index (χ0n) is 16.2. The van der Waals surface area contributed by atoms with E-state index in [1.54, 1.807) is 39.0 Å². The molecule has 2 unspecified atom stereocenters. The van der Waals surface area contributed by atoms with E-state index in [-0.39, 0.29) is 18.2 Å². The Morgan fingerprint density at radius 3 is 2.54 bits per heavy atom. The van der Waals surface area contributed by atoms with E-state index in [1.807, 2.05) is 12.1 Å². The summed E-state index contributed by atoms with van der Waals surface area (Å²) in [7, 11) is 4.51. The first-order chi connectivity index (χ1) is 13.1. The number of rotatable bonds is 3. The summed E-state index contributed by atoms with van der Waals surface area (Å²) in [6.45, 7) is 3.52. The summed E-state index contributed by atoms with van der Waals surface area (Å²) in [5.74, 6) is -0.252. The maximum Gasteiger partial charge on any atom is 0.314 e. The van der Waals surface area contributed by atoms with Crippen LogP contribution < -0.4 is 4.74 Å². The van der Waals surface area contributed by atoms with Crippen LogP contribution in [0.4, 0.5) is 0 Å². The number of methoxy groups -OCH3 is 2. The minimum Gasteiger partial charge on any atom is -0.496 e. The number of benzene rings is 1. The zero-order chi connectivity index (χ0) is 20.6. The minimum absolute atomic E-state index is 0.161. The lowest BCUT2D eigenvalue weighted by Crippen LogP contribution is -2.60. The first-order valence-corrected chi connectivity index (χ1v) is 10.4. The highest BCUT2D eigenvalue weighted by atomic mass is 79.9. The molecule has 2 amide bonds. The van der Waals surface area contributed by atoms with Gasteiger partial charge in [0.25, 0.3) is 11.8 Å². The number of amides is 2. The summed E-state index contributed by atoms with van der Waals surface area (Å²) < 4.78 is 11.4. The lowest BCUT2D eigenvalue weighted by molar-refractivity contribution is -0.160. The number of carbonyl (C=O) groups excluding carboxylic acids is 3. The molecule has 1 aromatic carbocycles. The average molecular weight is 469 g/mol. The van der Waals surface area contributed by atoms with Crippen LogP contribution in [0.15, 0.2) is 22.7 Å². The number of hydrogen-bond donors (Lipinski definition) is 0. The third-order valence-corrected chi connectivity index (χ3v) is 8.45. The van der Waals surface area contributed by atoms with E-state index in [9.17, 15) is 14.4 Å². The van der Waals surface area contributed by atoms with Crippen LogP contribution >= 0.6 is 27.7 Å². The third-order valence-electron chi connectivity index (χ3n) is 6.26. The smallest absolute Gasteiger partial charge is 0.314 e. The lowest BCUT2D eigenvalue weighted by Gasteiger charge is -2.40. The molecule has 0 aliphatic carbocycles. The van der Waals surface area contributed by atoms with Crippen LogP contribution in [-0.2, 0) is 19.1 Å². The van der Waals surface area contributed by atoms with Gasteiger partial charge in [-0.1, -0.05) is 27.7 Å². The minimum atomic E-state index is -1.12. The summed E-state index contributed by atoms with van der Waals surface area (Å²) in [6, 6.07) is 4.76. The van der Waals surface area contributed by atoms with E-state index in [0.29, 0.717) is 11.3 Å². The Bertz CT molecular complexity index is 926.